The Kier molecular flexibility index (Phi) is 3.01. The van der Waals surface area contributed by atoms with Crippen LogP contribution in [0.25, 0.3) is 0 Å². The van der Waals surface area contributed by atoms with Crippen molar-refractivity contribution in [3.8, 4) is 0 Å². The Morgan fingerprint density at radius 2 is 2.10 bits per heavy atom. The molecule has 1 aliphatic rings. The van der Waals surface area contributed by atoms with Crippen molar-refractivity contribution in [3.05, 3.63) is 22.8 Å². The summed E-state index contributed by atoms with van der Waals surface area (Å²) in [7, 11) is 0. The molecule has 0 amide bonds. The number of hydrogen-bond donors (Lipinski definition) is 0. The summed E-state index contributed by atoms with van der Waals surface area (Å²) in [5.74, 6) is 0. The molecule has 10 heavy (non-hydrogen) atoms. The molecule has 56 valence electrons. The Morgan fingerprint density at radius 3 is 2.70 bits per heavy atom. The van der Waals surface area contributed by atoms with Gasteiger partial charge in [0.1, 0.15) is 0 Å². The fourth-order valence-corrected chi connectivity index (χ4v) is 1.64. The van der Waals surface area contributed by atoms with Crippen molar-refractivity contribution in [2.45, 2.75) is 32.6 Å². The lowest BCUT2D eigenvalue weighted by Crippen LogP contribution is -1.75. The maximum atomic E-state index is 5.64. The molecule has 0 aromatic heterocycles. The highest BCUT2D eigenvalue weighted by Crippen LogP contribution is 2.30. The Morgan fingerprint density at radius 1 is 1.40 bits per heavy atom. The first-order chi connectivity index (χ1) is 4.88. The van der Waals surface area contributed by atoms with Crippen LogP contribution in [0.1, 0.15) is 32.6 Å². The fourth-order valence-electron chi connectivity index (χ4n) is 1.39. The predicted octanol–water partition coefficient (Wildman–Crippen LogP) is 3.63. The van der Waals surface area contributed by atoms with Gasteiger partial charge in [0.05, 0.1) is 0 Å². The van der Waals surface area contributed by atoms with Gasteiger partial charge in [0, 0.05) is 5.54 Å². The number of rotatable bonds is 1. The first kappa shape index (κ1) is 7.87. The second kappa shape index (κ2) is 3.82. The van der Waals surface area contributed by atoms with E-state index in [1.165, 1.54) is 30.4 Å². The van der Waals surface area contributed by atoms with Gasteiger partial charge in [-0.3, -0.25) is 0 Å². The maximum Gasteiger partial charge on any atom is 0.00771 e. The lowest BCUT2D eigenvalue weighted by molar-refractivity contribution is 0.930. The molecule has 0 nitrogen and oxygen atoms in total. The first-order valence-electron chi connectivity index (χ1n) is 3.87. The summed E-state index contributed by atoms with van der Waals surface area (Å²) >= 11 is 5.64. The van der Waals surface area contributed by atoms with E-state index in [4.69, 9.17) is 11.6 Å². The van der Waals surface area contributed by atoms with Gasteiger partial charge in [0.15, 0.2) is 0 Å². The molecule has 0 aromatic rings. The summed E-state index contributed by atoms with van der Waals surface area (Å²) in [6.07, 6.45) is 7.09. The zero-order valence-electron chi connectivity index (χ0n) is 6.36. The molecule has 0 aromatic carbocycles. The van der Waals surface area contributed by atoms with Crippen LogP contribution >= 0.6 is 11.6 Å². The minimum atomic E-state index is 1.13. The minimum absolute atomic E-state index is 1.13. The fraction of sp³-hybridized carbons (Fsp3) is 0.556. The van der Waals surface area contributed by atoms with Crippen molar-refractivity contribution in [1.29, 1.82) is 0 Å². The van der Waals surface area contributed by atoms with E-state index in [1.807, 2.05) is 0 Å². The van der Waals surface area contributed by atoms with E-state index in [9.17, 15) is 0 Å². The third-order valence-electron chi connectivity index (χ3n) is 1.89. The van der Waals surface area contributed by atoms with Gasteiger partial charge in [-0.2, -0.15) is 0 Å². The summed E-state index contributed by atoms with van der Waals surface area (Å²) < 4.78 is 0. The molecule has 0 unspecified atom stereocenters. The Balaban J connectivity index is 2.68. The van der Waals surface area contributed by atoms with Gasteiger partial charge in [-0.15, -0.1) is 0 Å². The van der Waals surface area contributed by atoms with E-state index < -0.39 is 0 Å². The Hall–Kier alpha value is -0.230. The lowest BCUT2D eigenvalue weighted by Gasteiger charge is -1.95. The molecule has 1 heteroatoms. The van der Waals surface area contributed by atoms with Crippen LogP contribution in [0.3, 0.4) is 0 Å². The van der Waals surface area contributed by atoms with Gasteiger partial charge in [-0.05, 0) is 36.8 Å². The Bertz CT molecular complexity index is 166. The third kappa shape index (κ3) is 1.63. The van der Waals surface area contributed by atoms with Gasteiger partial charge in [-0.25, -0.2) is 0 Å². The van der Waals surface area contributed by atoms with Crippen LogP contribution in [-0.2, 0) is 0 Å². The second-order valence-electron chi connectivity index (χ2n) is 2.63. The highest BCUT2D eigenvalue weighted by Gasteiger charge is 2.11. The van der Waals surface area contributed by atoms with Crippen LogP contribution in [-0.4, -0.2) is 0 Å². The first-order valence-corrected chi connectivity index (χ1v) is 4.30. The van der Waals surface area contributed by atoms with Crippen molar-refractivity contribution in [2.24, 2.45) is 0 Å². The summed E-state index contributed by atoms with van der Waals surface area (Å²) in [5, 5.41) is 0. The van der Waals surface area contributed by atoms with E-state index in [-0.39, 0.29) is 0 Å². The third-order valence-corrected chi connectivity index (χ3v) is 2.15. The van der Waals surface area contributed by atoms with Gasteiger partial charge in [0.25, 0.3) is 0 Å². The van der Waals surface area contributed by atoms with Gasteiger partial charge in [0.2, 0.25) is 0 Å². The molecule has 0 N–H and O–H groups in total. The van der Waals surface area contributed by atoms with E-state index in [2.05, 4.69) is 13.0 Å². The highest BCUT2D eigenvalue weighted by atomic mass is 35.5. The van der Waals surface area contributed by atoms with Crippen molar-refractivity contribution < 1.29 is 0 Å². The topological polar surface area (TPSA) is 0 Å². The molecule has 0 spiro atoms. The quantitative estimate of drug-likeness (QED) is 0.544. The van der Waals surface area contributed by atoms with Crippen LogP contribution in [0.2, 0.25) is 0 Å². The maximum absolute atomic E-state index is 5.64. The molecular weight excluding hydrogens is 144 g/mol. The van der Waals surface area contributed by atoms with Crippen molar-refractivity contribution in [2.75, 3.05) is 0 Å². The zero-order chi connectivity index (χ0) is 7.40. The van der Waals surface area contributed by atoms with Crippen molar-refractivity contribution in [1.82, 2.24) is 0 Å². The molecule has 1 fully saturated rings. The van der Waals surface area contributed by atoms with E-state index in [0.717, 1.165) is 6.42 Å². The Labute approximate surface area is 67.6 Å². The highest BCUT2D eigenvalue weighted by molar-refractivity contribution is 6.26. The molecule has 0 saturated heterocycles. The number of allylic oxidation sites excluding steroid dienone is 3. The molecule has 0 heterocycles. The van der Waals surface area contributed by atoms with Crippen LogP contribution in [0, 0.1) is 0 Å². The number of hydrogen-bond acceptors (Lipinski definition) is 0. The SMILES string of the molecule is CC/C=C1/CCC/C1=C/Cl. The summed E-state index contributed by atoms with van der Waals surface area (Å²) in [6, 6.07) is 0. The van der Waals surface area contributed by atoms with Crippen LogP contribution in [0.5, 0.6) is 0 Å². The van der Waals surface area contributed by atoms with E-state index in [0.29, 0.717) is 0 Å². The van der Waals surface area contributed by atoms with Crippen LogP contribution in [0.15, 0.2) is 22.8 Å². The molecule has 0 radical (unpaired) electrons. The summed E-state index contributed by atoms with van der Waals surface area (Å²) in [6.45, 7) is 2.16. The molecule has 1 saturated carbocycles. The molecule has 0 aliphatic heterocycles. The smallest absolute Gasteiger partial charge is 0.00771 e. The molecular formula is C9H13Cl. The average Bonchev–Trinajstić information content (AvgIpc) is 2.36. The predicted molar refractivity (Wildman–Crippen MR) is 46.2 cm³/mol. The average molecular weight is 157 g/mol. The zero-order valence-corrected chi connectivity index (χ0v) is 7.12. The van der Waals surface area contributed by atoms with Gasteiger partial charge in [-0.1, -0.05) is 24.6 Å². The summed E-state index contributed by atoms with van der Waals surface area (Å²) in [5.41, 5.74) is 4.55. The van der Waals surface area contributed by atoms with Crippen LogP contribution in [0.4, 0.5) is 0 Å². The van der Waals surface area contributed by atoms with Crippen LogP contribution < -0.4 is 0 Å². The second-order valence-corrected chi connectivity index (χ2v) is 2.84. The number of halogens is 1. The lowest BCUT2D eigenvalue weighted by atomic mass is 10.1. The molecule has 0 bridgehead atoms. The van der Waals surface area contributed by atoms with E-state index in [1.54, 1.807) is 5.54 Å². The largest absolute Gasteiger partial charge is 0.0926 e. The van der Waals surface area contributed by atoms with Gasteiger partial charge < -0.3 is 0 Å². The molecule has 1 aliphatic carbocycles. The standard InChI is InChI=1S/C9H13Cl/c1-2-4-8-5-3-6-9(8)7-10/h4,7H,2-3,5-6H2,1H3/b8-4-,9-7-. The van der Waals surface area contributed by atoms with Crippen molar-refractivity contribution >= 4 is 11.6 Å². The molecule has 0 atom stereocenters. The van der Waals surface area contributed by atoms with Gasteiger partial charge >= 0.3 is 0 Å². The minimum Gasteiger partial charge on any atom is -0.0926 e. The summed E-state index contributed by atoms with van der Waals surface area (Å²) in [4.78, 5) is 0. The molecule has 1 rings (SSSR count). The van der Waals surface area contributed by atoms with E-state index >= 15 is 0 Å². The van der Waals surface area contributed by atoms with Crippen molar-refractivity contribution in [3.63, 3.8) is 0 Å². The normalized spacial score (nSPS) is 26.6. The monoisotopic (exact) mass is 156 g/mol.